The molecule has 0 spiro atoms. The van der Waals surface area contributed by atoms with E-state index in [1.54, 1.807) is 18.4 Å². The van der Waals surface area contributed by atoms with Gasteiger partial charge in [0.1, 0.15) is 0 Å². The van der Waals surface area contributed by atoms with Gasteiger partial charge in [0.25, 0.3) is 0 Å². The van der Waals surface area contributed by atoms with Crippen LogP contribution in [0.2, 0.25) is 5.02 Å². The number of guanidine groups is 1. The summed E-state index contributed by atoms with van der Waals surface area (Å²) in [5.41, 5.74) is 2.49. The van der Waals surface area contributed by atoms with Crippen molar-refractivity contribution in [3.8, 4) is 0 Å². The third kappa shape index (κ3) is 5.06. The third-order valence-electron chi connectivity index (χ3n) is 3.26. The standard InChI is InChI=1S/C16H20ClN3S/c1-12(14-6-7-21-11-14)9-19-16(18-2)20-10-13-4-3-5-15(17)8-13/h3-8,11-12H,9-10H2,1-2H3,(H2,18,19,20). The van der Waals surface area contributed by atoms with E-state index in [4.69, 9.17) is 11.6 Å². The highest BCUT2D eigenvalue weighted by atomic mass is 35.5. The minimum absolute atomic E-state index is 0.459. The SMILES string of the molecule is CN=C(NCc1cccc(Cl)c1)NCC(C)c1ccsc1. The van der Waals surface area contributed by atoms with Crippen molar-refractivity contribution in [2.24, 2.45) is 4.99 Å². The number of hydrogen-bond donors (Lipinski definition) is 2. The van der Waals surface area contributed by atoms with Gasteiger partial charge in [0.05, 0.1) is 0 Å². The molecule has 5 heteroatoms. The molecular formula is C16H20ClN3S. The maximum atomic E-state index is 5.98. The predicted octanol–water partition coefficient (Wildman–Crippen LogP) is 3.87. The zero-order chi connectivity index (χ0) is 15.1. The Bertz CT molecular complexity index is 581. The van der Waals surface area contributed by atoms with Crippen LogP contribution >= 0.6 is 22.9 Å². The molecular weight excluding hydrogens is 302 g/mol. The molecule has 2 rings (SSSR count). The van der Waals surface area contributed by atoms with Gasteiger partial charge in [-0.3, -0.25) is 4.99 Å². The summed E-state index contributed by atoms with van der Waals surface area (Å²) >= 11 is 7.71. The average Bonchev–Trinajstić information content (AvgIpc) is 3.01. The second-order valence-electron chi connectivity index (χ2n) is 4.89. The summed E-state index contributed by atoms with van der Waals surface area (Å²) in [5.74, 6) is 1.26. The number of rotatable bonds is 5. The van der Waals surface area contributed by atoms with Crippen molar-refractivity contribution in [1.82, 2.24) is 10.6 Å². The highest BCUT2D eigenvalue weighted by molar-refractivity contribution is 7.07. The molecule has 0 saturated carbocycles. The van der Waals surface area contributed by atoms with Crippen molar-refractivity contribution >= 4 is 28.9 Å². The quantitative estimate of drug-likeness (QED) is 0.648. The lowest BCUT2D eigenvalue weighted by molar-refractivity contribution is 0.701. The summed E-state index contributed by atoms with van der Waals surface area (Å²) < 4.78 is 0. The zero-order valence-electron chi connectivity index (χ0n) is 12.3. The maximum absolute atomic E-state index is 5.98. The van der Waals surface area contributed by atoms with Gasteiger partial charge in [-0.2, -0.15) is 11.3 Å². The Morgan fingerprint density at radius 1 is 1.33 bits per heavy atom. The van der Waals surface area contributed by atoms with Gasteiger partial charge in [-0.05, 0) is 46.0 Å². The van der Waals surface area contributed by atoms with Crippen molar-refractivity contribution < 1.29 is 0 Å². The number of nitrogens with zero attached hydrogens (tertiary/aromatic N) is 1. The van der Waals surface area contributed by atoms with Crippen LogP contribution in [-0.4, -0.2) is 19.6 Å². The minimum Gasteiger partial charge on any atom is -0.356 e. The first-order chi connectivity index (χ1) is 10.2. The first kappa shape index (κ1) is 15.9. The van der Waals surface area contributed by atoms with Crippen LogP contribution in [0.5, 0.6) is 0 Å². The second kappa shape index (κ2) is 8.05. The van der Waals surface area contributed by atoms with Crippen LogP contribution in [0.15, 0.2) is 46.1 Å². The van der Waals surface area contributed by atoms with Gasteiger partial charge in [0.2, 0.25) is 0 Å². The smallest absolute Gasteiger partial charge is 0.191 e. The van der Waals surface area contributed by atoms with E-state index >= 15 is 0 Å². The number of benzene rings is 1. The van der Waals surface area contributed by atoms with E-state index in [-0.39, 0.29) is 0 Å². The summed E-state index contributed by atoms with van der Waals surface area (Å²) in [5, 5.41) is 11.7. The molecule has 0 aliphatic heterocycles. The molecule has 21 heavy (non-hydrogen) atoms. The van der Waals surface area contributed by atoms with Gasteiger partial charge >= 0.3 is 0 Å². The number of thiophene rings is 1. The molecule has 1 aromatic carbocycles. The normalized spacial score (nSPS) is 13.0. The Balaban J connectivity index is 1.81. The van der Waals surface area contributed by atoms with Crippen LogP contribution in [0, 0.1) is 0 Å². The van der Waals surface area contributed by atoms with Crippen LogP contribution in [0.4, 0.5) is 0 Å². The van der Waals surface area contributed by atoms with Gasteiger partial charge in [-0.15, -0.1) is 0 Å². The Hall–Kier alpha value is -1.52. The Morgan fingerprint density at radius 3 is 2.86 bits per heavy atom. The number of hydrogen-bond acceptors (Lipinski definition) is 2. The predicted molar refractivity (Wildman–Crippen MR) is 92.4 cm³/mol. The van der Waals surface area contributed by atoms with E-state index in [0.29, 0.717) is 12.5 Å². The first-order valence-electron chi connectivity index (χ1n) is 6.90. The summed E-state index contributed by atoms with van der Waals surface area (Å²) in [6.07, 6.45) is 0. The lowest BCUT2D eigenvalue weighted by Crippen LogP contribution is -2.38. The Kier molecular flexibility index (Phi) is 6.08. The van der Waals surface area contributed by atoms with Gasteiger partial charge in [0, 0.05) is 25.2 Å². The molecule has 0 amide bonds. The fourth-order valence-electron chi connectivity index (χ4n) is 1.98. The van der Waals surface area contributed by atoms with Crippen molar-refractivity contribution in [3.05, 3.63) is 57.2 Å². The largest absolute Gasteiger partial charge is 0.356 e. The minimum atomic E-state index is 0.459. The van der Waals surface area contributed by atoms with Crippen LogP contribution < -0.4 is 10.6 Å². The fraction of sp³-hybridized carbons (Fsp3) is 0.312. The summed E-state index contributed by atoms with van der Waals surface area (Å²) in [6, 6.07) is 9.99. The van der Waals surface area contributed by atoms with Crippen molar-refractivity contribution in [2.75, 3.05) is 13.6 Å². The zero-order valence-corrected chi connectivity index (χ0v) is 13.8. The molecule has 0 aliphatic rings. The van der Waals surface area contributed by atoms with Crippen LogP contribution in [0.1, 0.15) is 24.0 Å². The van der Waals surface area contributed by atoms with E-state index in [1.807, 2.05) is 24.3 Å². The van der Waals surface area contributed by atoms with Gasteiger partial charge in [-0.25, -0.2) is 0 Å². The van der Waals surface area contributed by atoms with Gasteiger partial charge in [-0.1, -0.05) is 30.7 Å². The molecule has 2 aromatic rings. The Morgan fingerprint density at radius 2 is 2.19 bits per heavy atom. The average molecular weight is 322 g/mol. The summed E-state index contributed by atoms with van der Waals surface area (Å²) in [4.78, 5) is 4.24. The van der Waals surface area contributed by atoms with E-state index < -0.39 is 0 Å². The van der Waals surface area contributed by atoms with E-state index in [9.17, 15) is 0 Å². The van der Waals surface area contributed by atoms with Crippen molar-refractivity contribution in [1.29, 1.82) is 0 Å². The number of nitrogens with one attached hydrogen (secondary N) is 2. The summed E-state index contributed by atoms with van der Waals surface area (Å²) in [6.45, 7) is 3.76. The van der Waals surface area contributed by atoms with Gasteiger partial charge < -0.3 is 10.6 Å². The number of aliphatic imine (C=N–C) groups is 1. The maximum Gasteiger partial charge on any atom is 0.191 e. The Labute approximate surface area is 135 Å². The van der Waals surface area contributed by atoms with E-state index in [2.05, 4.69) is 39.4 Å². The number of halogens is 1. The molecule has 1 heterocycles. The van der Waals surface area contributed by atoms with Gasteiger partial charge in [0.15, 0.2) is 5.96 Å². The molecule has 0 saturated heterocycles. The molecule has 1 aromatic heterocycles. The molecule has 2 N–H and O–H groups in total. The molecule has 0 radical (unpaired) electrons. The first-order valence-corrected chi connectivity index (χ1v) is 8.22. The second-order valence-corrected chi connectivity index (χ2v) is 6.11. The third-order valence-corrected chi connectivity index (χ3v) is 4.20. The molecule has 1 atom stereocenters. The molecule has 0 aliphatic carbocycles. The van der Waals surface area contributed by atoms with Crippen molar-refractivity contribution in [2.45, 2.75) is 19.4 Å². The molecule has 112 valence electrons. The summed E-state index contributed by atoms with van der Waals surface area (Å²) in [7, 11) is 1.78. The molecule has 0 bridgehead atoms. The monoisotopic (exact) mass is 321 g/mol. The van der Waals surface area contributed by atoms with E-state index in [0.717, 1.165) is 23.1 Å². The lowest BCUT2D eigenvalue weighted by atomic mass is 10.1. The fourth-order valence-corrected chi connectivity index (χ4v) is 2.97. The van der Waals surface area contributed by atoms with Crippen LogP contribution in [0.25, 0.3) is 0 Å². The van der Waals surface area contributed by atoms with Crippen LogP contribution in [-0.2, 0) is 6.54 Å². The van der Waals surface area contributed by atoms with Crippen LogP contribution in [0.3, 0.4) is 0 Å². The topological polar surface area (TPSA) is 36.4 Å². The lowest BCUT2D eigenvalue weighted by Gasteiger charge is -2.15. The molecule has 0 fully saturated rings. The highest BCUT2D eigenvalue weighted by Gasteiger charge is 2.07. The molecule has 1 unspecified atom stereocenters. The van der Waals surface area contributed by atoms with E-state index in [1.165, 1.54) is 5.56 Å². The molecule has 3 nitrogen and oxygen atoms in total. The van der Waals surface area contributed by atoms with Crippen molar-refractivity contribution in [3.63, 3.8) is 0 Å². The highest BCUT2D eigenvalue weighted by Crippen LogP contribution is 2.17.